The first-order chi connectivity index (χ1) is 9.53. The molecule has 2 rings (SSSR count). The fourth-order valence-electron chi connectivity index (χ4n) is 1.65. The van der Waals surface area contributed by atoms with E-state index < -0.39 is 0 Å². The Kier molecular flexibility index (Phi) is 5.09. The zero-order chi connectivity index (χ0) is 14.4. The fraction of sp³-hybridized carbons (Fsp3) is 0.467. The third kappa shape index (κ3) is 5.27. The van der Waals surface area contributed by atoms with Crippen LogP contribution >= 0.6 is 11.3 Å². The van der Waals surface area contributed by atoms with E-state index in [0.717, 1.165) is 28.7 Å². The molecule has 1 aromatic heterocycles. The Balaban J connectivity index is 1.77. The van der Waals surface area contributed by atoms with Crippen LogP contribution in [0, 0.1) is 0 Å². The van der Waals surface area contributed by atoms with Gasteiger partial charge in [0.25, 0.3) is 0 Å². The largest absolute Gasteiger partial charge is 0.486 e. The third-order valence-electron chi connectivity index (χ3n) is 2.61. The number of aromatic nitrogens is 2. The van der Waals surface area contributed by atoms with Crippen molar-refractivity contribution in [3.63, 3.8) is 0 Å². The second-order valence-corrected chi connectivity index (χ2v) is 6.76. The van der Waals surface area contributed by atoms with Crippen molar-refractivity contribution in [1.82, 2.24) is 15.5 Å². The summed E-state index contributed by atoms with van der Waals surface area (Å²) in [5, 5.41) is 13.8. The first kappa shape index (κ1) is 14.9. The average Bonchev–Trinajstić information content (AvgIpc) is 2.84. The Morgan fingerprint density at radius 1 is 1.10 bits per heavy atom. The molecule has 0 bridgehead atoms. The lowest BCUT2D eigenvalue weighted by Crippen LogP contribution is -2.37. The molecule has 0 amide bonds. The Labute approximate surface area is 124 Å². The molecular formula is C15H21N3OS. The number of nitrogens with one attached hydrogen (secondary N) is 1. The van der Waals surface area contributed by atoms with Gasteiger partial charge in [-0.25, -0.2) is 0 Å². The summed E-state index contributed by atoms with van der Waals surface area (Å²) < 4.78 is 5.66. The summed E-state index contributed by atoms with van der Waals surface area (Å²) in [4.78, 5) is 0. The molecule has 0 aliphatic heterocycles. The van der Waals surface area contributed by atoms with E-state index in [4.69, 9.17) is 4.74 Å². The van der Waals surface area contributed by atoms with E-state index in [1.807, 2.05) is 30.3 Å². The Bertz CT molecular complexity index is 519. The maximum Gasteiger partial charge on any atom is 0.155 e. The standard InChI is InChI=1S/C15H21N3OS/c1-15(2,3)16-10-9-13-17-18-14(20-13)11-19-12-7-5-4-6-8-12/h4-8,16H,9-11H2,1-3H3. The fourth-order valence-corrected chi connectivity index (χ4v) is 2.41. The van der Waals surface area contributed by atoms with Crippen LogP contribution in [0.5, 0.6) is 5.75 Å². The van der Waals surface area contributed by atoms with Gasteiger partial charge in [0.05, 0.1) is 0 Å². The van der Waals surface area contributed by atoms with Crippen molar-refractivity contribution in [2.24, 2.45) is 0 Å². The Hall–Kier alpha value is -1.46. The number of hydrogen-bond donors (Lipinski definition) is 1. The smallest absolute Gasteiger partial charge is 0.155 e. The highest BCUT2D eigenvalue weighted by Crippen LogP contribution is 2.15. The molecule has 5 heteroatoms. The number of nitrogens with zero attached hydrogens (tertiary/aromatic N) is 2. The predicted octanol–water partition coefficient (Wildman–Crippen LogP) is 3.05. The van der Waals surface area contributed by atoms with Gasteiger partial charge in [0.1, 0.15) is 17.4 Å². The molecule has 20 heavy (non-hydrogen) atoms. The van der Waals surface area contributed by atoms with E-state index in [9.17, 15) is 0 Å². The lowest BCUT2D eigenvalue weighted by Gasteiger charge is -2.19. The van der Waals surface area contributed by atoms with Gasteiger partial charge in [-0.05, 0) is 32.9 Å². The van der Waals surface area contributed by atoms with Crippen molar-refractivity contribution in [3.05, 3.63) is 40.3 Å². The van der Waals surface area contributed by atoms with Crippen LogP contribution in [0.15, 0.2) is 30.3 Å². The first-order valence-electron chi connectivity index (χ1n) is 6.77. The van der Waals surface area contributed by atoms with Crippen LogP contribution in [-0.2, 0) is 13.0 Å². The highest BCUT2D eigenvalue weighted by molar-refractivity contribution is 7.11. The van der Waals surface area contributed by atoms with E-state index in [1.165, 1.54) is 0 Å². The molecule has 0 saturated heterocycles. The minimum Gasteiger partial charge on any atom is -0.486 e. The summed E-state index contributed by atoms with van der Waals surface area (Å²) in [5.41, 5.74) is 0.143. The van der Waals surface area contributed by atoms with Gasteiger partial charge in [-0.2, -0.15) is 0 Å². The zero-order valence-electron chi connectivity index (χ0n) is 12.2. The van der Waals surface area contributed by atoms with E-state index in [0.29, 0.717) is 6.61 Å². The lowest BCUT2D eigenvalue weighted by atomic mass is 10.1. The maximum absolute atomic E-state index is 5.66. The molecule has 1 aromatic carbocycles. The molecule has 0 atom stereocenters. The molecule has 1 N–H and O–H groups in total. The van der Waals surface area contributed by atoms with E-state index in [1.54, 1.807) is 11.3 Å². The van der Waals surface area contributed by atoms with Crippen LogP contribution in [0.1, 0.15) is 30.8 Å². The maximum atomic E-state index is 5.66. The molecule has 2 aromatic rings. The molecular weight excluding hydrogens is 270 g/mol. The number of para-hydroxylation sites is 1. The molecule has 4 nitrogen and oxygen atoms in total. The minimum atomic E-state index is 0.143. The quantitative estimate of drug-likeness (QED) is 0.888. The van der Waals surface area contributed by atoms with Crippen LogP contribution in [0.25, 0.3) is 0 Å². The van der Waals surface area contributed by atoms with Gasteiger partial charge >= 0.3 is 0 Å². The van der Waals surface area contributed by atoms with Gasteiger partial charge in [-0.3, -0.25) is 0 Å². The monoisotopic (exact) mass is 291 g/mol. The number of benzene rings is 1. The molecule has 108 valence electrons. The van der Waals surface area contributed by atoms with Gasteiger partial charge in [0.2, 0.25) is 0 Å². The highest BCUT2D eigenvalue weighted by atomic mass is 32.1. The van der Waals surface area contributed by atoms with Crippen LogP contribution in [0.3, 0.4) is 0 Å². The van der Waals surface area contributed by atoms with E-state index in [-0.39, 0.29) is 5.54 Å². The normalized spacial score (nSPS) is 11.6. The number of rotatable bonds is 6. The minimum absolute atomic E-state index is 0.143. The third-order valence-corrected chi connectivity index (χ3v) is 3.56. The second kappa shape index (κ2) is 6.81. The van der Waals surface area contributed by atoms with Gasteiger partial charge in [-0.15, -0.1) is 10.2 Å². The first-order valence-corrected chi connectivity index (χ1v) is 7.59. The second-order valence-electron chi connectivity index (χ2n) is 5.62. The van der Waals surface area contributed by atoms with Crippen molar-refractivity contribution in [2.75, 3.05) is 6.54 Å². The summed E-state index contributed by atoms with van der Waals surface area (Å²) in [6, 6.07) is 9.76. The van der Waals surface area contributed by atoms with Crippen LogP contribution < -0.4 is 10.1 Å². The van der Waals surface area contributed by atoms with Gasteiger partial charge in [0, 0.05) is 18.5 Å². The van der Waals surface area contributed by atoms with Crippen LogP contribution in [0.2, 0.25) is 0 Å². The molecule has 0 aliphatic carbocycles. The SMILES string of the molecule is CC(C)(C)NCCc1nnc(COc2ccccc2)s1. The molecule has 0 spiro atoms. The van der Waals surface area contributed by atoms with Gasteiger partial charge < -0.3 is 10.1 Å². The van der Waals surface area contributed by atoms with Gasteiger partial charge in [-0.1, -0.05) is 29.5 Å². The van der Waals surface area contributed by atoms with Gasteiger partial charge in [0.15, 0.2) is 5.01 Å². The molecule has 0 saturated carbocycles. The number of hydrogen-bond acceptors (Lipinski definition) is 5. The van der Waals surface area contributed by atoms with Crippen molar-refractivity contribution in [3.8, 4) is 5.75 Å². The summed E-state index contributed by atoms with van der Waals surface area (Å²) in [7, 11) is 0. The van der Waals surface area contributed by atoms with E-state index >= 15 is 0 Å². The lowest BCUT2D eigenvalue weighted by molar-refractivity contribution is 0.304. The summed E-state index contributed by atoms with van der Waals surface area (Å²) in [6.45, 7) is 7.87. The molecule has 0 aliphatic rings. The van der Waals surface area contributed by atoms with Crippen LogP contribution in [0.4, 0.5) is 0 Å². The number of ether oxygens (including phenoxy) is 1. The molecule has 0 fully saturated rings. The summed E-state index contributed by atoms with van der Waals surface area (Å²) >= 11 is 1.62. The topological polar surface area (TPSA) is 47.0 Å². The molecule has 0 radical (unpaired) electrons. The Morgan fingerprint density at radius 2 is 1.80 bits per heavy atom. The van der Waals surface area contributed by atoms with Crippen molar-refractivity contribution < 1.29 is 4.74 Å². The highest BCUT2D eigenvalue weighted by Gasteiger charge is 2.09. The molecule has 0 unspecified atom stereocenters. The van der Waals surface area contributed by atoms with Crippen molar-refractivity contribution in [2.45, 2.75) is 39.3 Å². The summed E-state index contributed by atoms with van der Waals surface area (Å²) in [6.07, 6.45) is 0.903. The predicted molar refractivity (Wildman–Crippen MR) is 82.1 cm³/mol. The van der Waals surface area contributed by atoms with Crippen molar-refractivity contribution in [1.29, 1.82) is 0 Å². The molecule has 1 heterocycles. The Morgan fingerprint density at radius 3 is 2.50 bits per heavy atom. The zero-order valence-corrected chi connectivity index (χ0v) is 13.0. The summed E-state index contributed by atoms with van der Waals surface area (Å²) in [5.74, 6) is 0.860. The average molecular weight is 291 g/mol. The van der Waals surface area contributed by atoms with E-state index in [2.05, 4.69) is 36.3 Å². The van der Waals surface area contributed by atoms with Crippen molar-refractivity contribution >= 4 is 11.3 Å². The van der Waals surface area contributed by atoms with Crippen LogP contribution in [-0.4, -0.2) is 22.3 Å².